The summed E-state index contributed by atoms with van der Waals surface area (Å²) in [6.45, 7) is 1.85. The van der Waals surface area contributed by atoms with Gasteiger partial charge in [-0.25, -0.2) is 4.79 Å². The summed E-state index contributed by atoms with van der Waals surface area (Å²) in [5.74, 6) is -1.47. The van der Waals surface area contributed by atoms with Gasteiger partial charge >= 0.3 is 5.97 Å². The number of rotatable bonds is 1. The lowest BCUT2D eigenvalue weighted by Gasteiger charge is -2.33. The zero-order valence-electron chi connectivity index (χ0n) is 6.67. The lowest BCUT2D eigenvalue weighted by Crippen LogP contribution is -2.52. The van der Waals surface area contributed by atoms with Crippen LogP contribution in [0.2, 0.25) is 0 Å². The van der Waals surface area contributed by atoms with E-state index in [9.17, 15) is 15.0 Å². The number of ether oxygens (including phenoxy) is 1. The molecular weight excluding hydrogens is 164 g/mol. The molecule has 5 heteroatoms. The third-order valence-electron chi connectivity index (χ3n) is 2.03. The molecule has 1 aliphatic heterocycles. The Balaban J connectivity index is 2.65. The number of aliphatic carboxylic acids is 1. The first-order chi connectivity index (χ1) is 5.54. The van der Waals surface area contributed by atoms with Crippen LogP contribution in [0.4, 0.5) is 0 Å². The monoisotopic (exact) mass is 176 g/mol. The smallest absolute Gasteiger partial charge is 0.335 e. The highest BCUT2D eigenvalue weighted by Crippen LogP contribution is 2.19. The van der Waals surface area contributed by atoms with Crippen LogP contribution < -0.4 is 0 Å². The fourth-order valence-corrected chi connectivity index (χ4v) is 1.19. The standard InChI is InChI=1S/C7H12O5/c1-3-2-12-6(7(10)11)5(9)4(3)8/h3-6,8-9H,2H2,1H3,(H,10,11)/t3?,4-,5-,6?/m0/s1. The quantitative estimate of drug-likeness (QED) is 0.468. The van der Waals surface area contributed by atoms with E-state index in [1.54, 1.807) is 6.92 Å². The maximum absolute atomic E-state index is 10.4. The van der Waals surface area contributed by atoms with E-state index in [1.807, 2.05) is 0 Å². The van der Waals surface area contributed by atoms with Gasteiger partial charge in [-0.15, -0.1) is 0 Å². The molecule has 2 unspecified atom stereocenters. The predicted molar refractivity (Wildman–Crippen MR) is 38.6 cm³/mol. The van der Waals surface area contributed by atoms with Gasteiger partial charge in [0.05, 0.1) is 12.7 Å². The highest BCUT2D eigenvalue weighted by Gasteiger charge is 2.40. The minimum Gasteiger partial charge on any atom is -0.479 e. The summed E-state index contributed by atoms with van der Waals surface area (Å²) in [4.78, 5) is 10.4. The van der Waals surface area contributed by atoms with Crippen LogP contribution in [0.25, 0.3) is 0 Å². The number of carboxylic acid groups (broad SMARTS) is 1. The number of carboxylic acids is 1. The minimum atomic E-state index is -1.33. The van der Waals surface area contributed by atoms with Gasteiger partial charge in [-0.05, 0) is 0 Å². The van der Waals surface area contributed by atoms with E-state index in [0.29, 0.717) is 0 Å². The molecule has 0 saturated carbocycles. The number of hydrogen-bond acceptors (Lipinski definition) is 4. The van der Waals surface area contributed by atoms with Crippen LogP contribution in [0.15, 0.2) is 0 Å². The summed E-state index contributed by atoms with van der Waals surface area (Å²) in [5.41, 5.74) is 0. The Morgan fingerprint density at radius 1 is 1.42 bits per heavy atom. The van der Waals surface area contributed by atoms with Gasteiger partial charge in [0.25, 0.3) is 0 Å². The van der Waals surface area contributed by atoms with Crippen LogP contribution in [-0.4, -0.2) is 46.2 Å². The van der Waals surface area contributed by atoms with Crippen LogP contribution >= 0.6 is 0 Å². The normalized spacial score (nSPS) is 42.6. The maximum atomic E-state index is 10.4. The molecule has 0 spiro atoms. The zero-order chi connectivity index (χ0) is 9.30. The molecule has 1 rings (SSSR count). The Bertz CT molecular complexity index is 181. The van der Waals surface area contributed by atoms with E-state index in [-0.39, 0.29) is 12.5 Å². The molecule has 0 amide bonds. The zero-order valence-corrected chi connectivity index (χ0v) is 6.67. The van der Waals surface area contributed by atoms with Crippen molar-refractivity contribution in [3.8, 4) is 0 Å². The van der Waals surface area contributed by atoms with Gasteiger partial charge in [-0.2, -0.15) is 0 Å². The van der Waals surface area contributed by atoms with Crippen molar-refractivity contribution in [1.29, 1.82) is 0 Å². The van der Waals surface area contributed by atoms with Crippen molar-refractivity contribution in [3.05, 3.63) is 0 Å². The molecule has 3 N–H and O–H groups in total. The SMILES string of the molecule is CC1COC(C(=O)O)[C@@H](O)[C@H]1O. The summed E-state index contributed by atoms with van der Waals surface area (Å²) in [6, 6.07) is 0. The molecule has 12 heavy (non-hydrogen) atoms. The highest BCUT2D eigenvalue weighted by molar-refractivity contribution is 5.73. The average molecular weight is 176 g/mol. The van der Waals surface area contributed by atoms with Crippen LogP contribution in [0.3, 0.4) is 0 Å². The third kappa shape index (κ3) is 1.57. The van der Waals surface area contributed by atoms with E-state index in [4.69, 9.17) is 9.84 Å². The van der Waals surface area contributed by atoms with Crippen LogP contribution in [0, 0.1) is 5.92 Å². The summed E-state index contributed by atoms with van der Waals surface area (Å²) in [7, 11) is 0. The van der Waals surface area contributed by atoms with Gasteiger partial charge in [-0.1, -0.05) is 6.92 Å². The van der Waals surface area contributed by atoms with Crippen molar-refractivity contribution in [2.24, 2.45) is 5.92 Å². The molecule has 0 aromatic rings. The Kier molecular flexibility index (Phi) is 2.66. The maximum Gasteiger partial charge on any atom is 0.335 e. The Morgan fingerprint density at radius 2 is 2.00 bits per heavy atom. The molecule has 0 aromatic heterocycles. The van der Waals surface area contributed by atoms with Crippen molar-refractivity contribution in [1.82, 2.24) is 0 Å². The Hall–Kier alpha value is -0.650. The fraction of sp³-hybridized carbons (Fsp3) is 0.857. The van der Waals surface area contributed by atoms with Crippen molar-refractivity contribution < 1.29 is 24.9 Å². The molecule has 4 atom stereocenters. The first-order valence-corrected chi connectivity index (χ1v) is 3.74. The lowest BCUT2D eigenvalue weighted by atomic mass is 9.94. The van der Waals surface area contributed by atoms with Gasteiger partial charge in [-0.3, -0.25) is 0 Å². The van der Waals surface area contributed by atoms with E-state index < -0.39 is 24.3 Å². The second-order valence-corrected chi connectivity index (χ2v) is 3.05. The highest BCUT2D eigenvalue weighted by atomic mass is 16.5. The molecule has 70 valence electrons. The number of carbonyl (C=O) groups is 1. The van der Waals surface area contributed by atoms with Crippen LogP contribution in [-0.2, 0) is 9.53 Å². The van der Waals surface area contributed by atoms with Gasteiger partial charge in [0, 0.05) is 5.92 Å². The number of hydrogen-bond donors (Lipinski definition) is 3. The lowest BCUT2D eigenvalue weighted by molar-refractivity contribution is -0.187. The first-order valence-electron chi connectivity index (χ1n) is 3.74. The molecular formula is C7H12O5. The predicted octanol–water partition coefficient (Wildman–Crippen LogP) is -1.17. The molecule has 1 fully saturated rings. The second kappa shape index (κ2) is 3.38. The number of aliphatic hydroxyl groups is 2. The molecule has 0 radical (unpaired) electrons. The number of aliphatic hydroxyl groups excluding tert-OH is 2. The molecule has 0 aliphatic carbocycles. The third-order valence-corrected chi connectivity index (χ3v) is 2.03. The van der Waals surface area contributed by atoms with Crippen LogP contribution in [0.1, 0.15) is 6.92 Å². The topological polar surface area (TPSA) is 87.0 Å². The largest absolute Gasteiger partial charge is 0.479 e. The van der Waals surface area contributed by atoms with Gasteiger partial charge in [0.2, 0.25) is 0 Å². The van der Waals surface area contributed by atoms with E-state index in [2.05, 4.69) is 0 Å². The minimum absolute atomic E-state index is 0.162. The van der Waals surface area contributed by atoms with Crippen LogP contribution in [0.5, 0.6) is 0 Å². The van der Waals surface area contributed by atoms with Crippen molar-refractivity contribution in [2.75, 3.05) is 6.61 Å². The molecule has 5 nitrogen and oxygen atoms in total. The summed E-state index contributed by atoms with van der Waals surface area (Å²) in [5, 5.41) is 27.0. The first kappa shape index (κ1) is 9.44. The van der Waals surface area contributed by atoms with E-state index >= 15 is 0 Å². The fourth-order valence-electron chi connectivity index (χ4n) is 1.19. The van der Waals surface area contributed by atoms with Gasteiger partial charge in [0.15, 0.2) is 6.10 Å². The van der Waals surface area contributed by atoms with Crippen molar-refractivity contribution >= 4 is 5.97 Å². The molecule has 0 aromatic carbocycles. The molecule has 1 heterocycles. The van der Waals surface area contributed by atoms with Crippen molar-refractivity contribution in [3.63, 3.8) is 0 Å². The van der Waals surface area contributed by atoms with Gasteiger partial charge < -0.3 is 20.1 Å². The second-order valence-electron chi connectivity index (χ2n) is 3.05. The summed E-state index contributed by atoms with van der Waals surface area (Å²) < 4.78 is 4.82. The molecule has 1 saturated heterocycles. The van der Waals surface area contributed by atoms with E-state index in [1.165, 1.54) is 0 Å². The average Bonchev–Trinajstić information content (AvgIpc) is 2.00. The summed E-state index contributed by atoms with van der Waals surface area (Å²) in [6.07, 6.45) is -3.64. The van der Waals surface area contributed by atoms with Gasteiger partial charge in [0.1, 0.15) is 6.10 Å². The molecule has 1 aliphatic rings. The Labute approximate surface area is 69.6 Å². The molecule has 0 bridgehead atoms. The Morgan fingerprint density at radius 3 is 2.50 bits per heavy atom. The van der Waals surface area contributed by atoms with E-state index in [0.717, 1.165) is 0 Å². The summed E-state index contributed by atoms with van der Waals surface area (Å²) >= 11 is 0. The van der Waals surface area contributed by atoms with Crippen molar-refractivity contribution in [2.45, 2.75) is 25.2 Å².